The van der Waals surface area contributed by atoms with Gasteiger partial charge in [0.15, 0.2) is 0 Å². The van der Waals surface area contributed by atoms with Gasteiger partial charge in [0.1, 0.15) is 0 Å². The lowest BCUT2D eigenvalue weighted by Crippen LogP contribution is -2.35. The number of hydrogen-bond donors (Lipinski definition) is 3. The largest absolute Gasteiger partial charge is 0.396 e. The maximum absolute atomic E-state index is 9.84. The van der Waals surface area contributed by atoms with Crippen molar-refractivity contribution in [3.8, 4) is 0 Å². The lowest BCUT2D eigenvalue weighted by atomic mass is 9.87. The molecular formula is C10H22O3. The fourth-order valence-electron chi connectivity index (χ4n) is 1.64. The Bertz CT molecular complexity index is 136. The standard InChI is InChI=1S/C10H22O3/c1-9(2,12)8-10(3,13)6-4-5-7-11/h11-13H,4-8H2,1-3H3. The minimum atomic E-state index is -0.831. The van der Waals surface area contributed by atoms with E-state index in [0.29, 0.717) is 19.3 Å². The SMILES string of the molecule is CC(C)(O)CC(C)(O)CCCCO. The predicted octanol–water partition coefficient (Wildman–Crippen LogP) is 1.06. The molecule has 0 saturated heterocycles. The van der Waals surface area contributed by atoms with Crippen molar-refractivity contribution in [3.63, 3.8) is 0 Å². The van der Waals surface area contributed by atoms with Crippen molar-refractivity contribution >= 4 is 0 Å². The molecule has 0 aliphatic rings. The van der Waals surface area contributed by atoms with E-state index in [4.69, 9.17) is 5.11 Å². The van der Waals surface area contributed by atoms with E-state index in [0.717, 1.165) is 6.42 Å². The van der Waals surface area contributed by atoms with Crippen LogP contribution in [0.2, 0.25) is 0 Å². The highest BCUT2D eigenvalue weighted by molar-refractivity contribution is 4.81. The lowest BCUT2D eigenvalue weighted by Gasteiger charge is -2.30. The third-order valence-electron chi connectivity index (χ3n) is 1.94. The van der Waals surface area contributed by atoms with Crippen LogP contribution >= 0.6 is 0 Å². The first-order valence-electron chi connectivity index (χ1n) is 4.82. The zero-order chi connectivity index (χ0) is 10.5. The van der Waals surface area contributed by atoms with Gasteiger partial charge in [0.05, 0.1) is 11.2 Å². The number of aliphatic hydroxyl groups is 3. The molecule has 13 heavy (non-hydrogen) atoms. The first-order valence-corrected chi connectivity index (χ1v) is 4.82. The predicted molar refractivity (Wildman–Crippen MR) is 52.5 cm³/mol. The van der Waals surface area contributed by atoms with Gasteiger partial charge >= 0.3 is 0 Å². The molecule has 0 radical (unpaired) electrons. The molecule has 0 rings (SSSR count). The van der Waals surface area contributed by atoms with E-state index in [1.54, 1.807) is 20.8 Å². The second kappa shape index (κ2) is 4.94. The number of aliphatic hydroxyl groups excluding tert-OH is 1. The first kappa shape index (κ1) is 12.9. The van der Waals surface area contributed by atoms with E-state index in [9.17, 15) is 10.2 Å². The molecule has 0 aromatic rings. The van der Waals surface area contributed by atoms with Crippen molar-refractivity contribution in [1.82, 2.24) is 0 Å². The first-order chi connectivity index (χ1) is 5.77. The van der Waals surface area contributed by atoms with Crippen LogP contribution in [0.4, 0.5) is 0 Å². The summed E-state index contributed by atoms with van der Waals surface area (Å²) in [5.41, 5.74) is -1.66. The Morgan fingerprint density at radius 1 is 1.00 bits per heavy atom. The second-order valence-corrected chi connectivity index (χ2v) is 4.67. The molecule has 1 unspecified atom stereocenters. The zero-order valence-electron chi connectivity index (χ0n) is 8.88. The van der Waals surface area contributed by atoms with E-state index in [-0.39, 0.29) is 6.61 Å². The minimum absolute atomic E-state index is 0.165. The third-order valence-corrected chi connectivity index (χ3v) is 1.94. The number of hydrogen-bond acceptors (Lipinski definition) is 3. The van der Waals surface area contributed by atoms with Gasteiger partial charge in [-0.2, -0.15) is 0 Å². The van der Waals surface area contributed by atoms with Crippen LogP contribution in [0, 0.1) is 0 Å². The third kappa shape index (κ3) is 8.22. The summed E-state index contributed by atoms with van der Waals surface area (Å²) in [7, 11) is 0. The van der Waals surface area contributed by atoms with Gasteiger partial charge in [-0.1, -0.05) is 0 Å². The summed E-state index contributed by atoms with van der Waals surface area (Å²) >= 11 is 0. The summed E-state index contributed by atoms with van der Waals surface area (Å²) in [5.74, 6) is 0. The molecule has 0 spiro atoms. The molecule has 0 aromatic heterocycles. The maximum atomic E-state index is 9.84. The van der Waals surface area contributed by atoms with Gasteiger partial charge in [0.2, 0.25) is 0 Å². The number of rotatable bonds is 6. The van der Waals surface area contributed by atoms with Crippen molar-refractivity contribution in [2.45, 2.75) is 57.7 Å². The van der Waals surface area contributed by atoms with Crippen molar-refractivity contribution in [1.29, 1.82) is 0 Å². The molecule has 0 aromatic carbocycles. The van der Waals surface area contributed by atoms with Crippen molar-refractivity contribution in [3.05, 3.63) is 0 Å². The molecule has 0 bridgehead atoms. The average molecular weight is 190 g/mol. The van der Waals surface area contributed by atoms with Gasteiger partial charge in [-0.3, -0.25) is 0 Å². The van der Waals surface area contributed by atoms with E-state index in [1.165, 1.54) is 0 Å². The average Bonchev–Trinajstić information content (AvgIpc) is 1.81. The van der Waals surface area contributed by atoms with Crippen LogP contribution in [0.3, 0.4) is 0 Å². The van der Waals surface area contributed by atoms with Crippen LogP contribution in [0.25, 0.3) is 0 Å². The molecule has 0 saturated carbocycles. The van der Waals surface area contributed by atoms with Gasteiger partial charge in [-0.15, -0.1) is 0 Å². The van der Waals surface area contributed by atoms with Crippen LogP contribution in [0.15, 0.2) is 0 Å². The molecule has 0 amide bonds. The maximum Gasteiger partial charge on any atom is 0.0646 e. The molecule has 0 fully saturated rings. The Morgan fingerprint density at radius 2 is 1.54 bits per heavy atom. The van der Waals surface area contributed by atoms with Crippen molar-refractivity contribution in [2.75, 3.05) is 6.61 Å². The summed E-state index contributed by atoms with van der Waals surface area (Å²) in [6.07, 6.45) is 2.49. The van der Waals surface area contributed by atoms with Crippen LogP contribution in [-0.2, 0) is 0 Å². The van der Waals surface area contributed by atoms with Gasteiger partial charge in [-0.05, 0) is 40.0 Å². The normalized spacial score (nSPS) is 17.1. The highest BCUT2D eigenvalue weighted by Crippen LogP contribution is 2.24. The van der Waals surface area contributed by atoms with E-state index < -0.39 is 11.2 Å². The molecule has 0 heterocycles. The summed E-state index contributed by atoms with van der Waals surface area (Å²) < 4.78 is 0. The fourth-order valence-corrected chi connectivity index (χ4v) is 1.64. The Hall–Kier alpha value is -0.120. The Kier molecular flexibility index (Phi) is 4.89. The molecule has 3 heteroatoms. The van der Waals surface area contributed by atoms with E-state index in [1.807, 2.05) is 0 Å². The summed E-state index contributed by atoms with van der Waals surface area (Å²) in [6.45, 7) is 5.27. The van der Waals surface area contributed by atoms with Gasteiger partial charge in [0.25, 0.3) is 0 Å². The molecule has 0 aliphatic heterocycles. The minimum Gasteiger partial charge on any atom is -0.396 e. The van der Waals surface area contributed by atoms with Crippen molar-refractivity contribution < 1.29 is 15.3 Å². The molecule has 3 nitrogen and oxygen atoms in total. The van der Waals surface area contributed by atoms with Gasteiger partial charge in [-0.25, -0.2) is 0 Å². The Morgan fingerprint density at radius 3 is 1.92 bits per heavy atom. The summed E-state index contributed by atoms with van der Waals surface area (Å²) in [4.78, 5) is 0. The summed E-state index contributed by atoms with van der Waals surface area (Å²) in [5, 5.41) is 27.9. The second-order valence-electron chi connectivity index (χ2n) is 4.67. The Balaban J connectivity index is 3.80. The topological polar surface area (TPSA) is 60.7 Å². The van der Waals surface area contributed by atoms with Gasteiger partial charge in [0, 0.05) is 13.0 Å². The highest BCUT2D eigenvalue weighted by atomic mass is 16.3. The fraction of sp³-hybridized carbons (Fsp3) is 1.00. The monoisotopic (exact) mass is 190 g/mol. The lowest BCUT2D eigenvalue weighted by molar-refractivity contribution is -0.0412. The van der Waals surface area contributed by atoms with Crippen molar-refractivity contribution in [2.24, 2.45) is 0 Å². The number of unbranched alkanes of at least 4 members (excludes halogenated alkanes) is 1. The smallest absolute Gasteiger partial charge is 0.0646 e. The highest BCUT2D eigenvalue weighted by Gasteiger charge is 2.28. The molecule has 3 N–H and O–H groups in total. The van der Waals surface area contributed by atoms with Crippen LogP contribution in [-0.4, -0.2) is 33.1 Å². The quantitative estimate of drug-likeness (QED) is 0.549. The Labute approximate surface area is 80.4 Å². The van der Waals surface area contributed by atoms with Crippen LogP contribution in [0.1, 0.15) is 46.5 Å². The summed E-state index contributed by atoms with van der Waals surface area (Å²) in [6, 6.07) is 0. The molecule has 80 valence electrons. The zero-order valence-corrected chi connectivity index (χ0v) is 8.88. The van der Waals surface area contributed by atoms with Crippen LogP contribution < -0.4 is 0 Å². The molecular weight excluding hydrogens is 168 g/mol. The van der Waals surface area contributed by atoms with Crippen LogP contribution in [0.5, 0.6) is 0 Å². The van der Waals surface area contributed by atoms with E-state index >= 15 is 0 Å². The molecule has 1 atom stereocenters. The molecule has 0 aliphatic carbocycles. The van der Waals surface area contributed by atoms with E-state index in [2.05, 4.69) is 0 Å². The van der Waals surface area contributed by atoms with Gasteiger partial charge < -0.3 is 15.3 Å².